The quantitative estimate of drug-likeness (QED) is 0.665. The number of rotatable bonds is 5. The van der Waals surface area contributed by atoms with Crippen LogP contribution in [-0.2, 0) is 9.84 Å². The Labute approximate surface area is 109 Å². The second-order valence-corrected chi connectivity index (χ2v) is 7.06. The van der Waals surface area contributed by atoms with E-state index in [1.165, 1.54) is 0 Å². The molecule has 0 saturated heterocycles. The van der Waals surface area contributed by atoms with Crippen molar-refractivity contribution in [2.24, 2.45) is 0 Å². The molecule has 0 bridgehead atoms. The summed E-state index contributed by atoms with van der Waals surface area (Å²) in [5.41, 5.74) is 6.56. The number of sulfone groups is 1. The van der Waals surface area contributed by atoms with Gasteiger partial charge in [0.2, 0.25) is 0 Å². The van der Waals surface area contributed by atoms with Crippen LogP contribution < -0.4 is 5.73 Å². The zero-order chi connectivity index (χ0) is 13.1. The highest BCUT2D eigenvalue weighted by Gasteiger charge is 2.11. The van der Waals surface area contributed by atoms with Gasteiger partial charge in [0.15, 0.2) is 5.78 Å². The topological polar surface area (TPSA) is 77.2 Å². The van der Waals surface area contributed by atoms with Crippen LogP contribution in [0, 0.1) is 0 Å². The first-order valence-electron chi connectivity index (χ1n) is 5.05. The van der Waals surface area contributed by atoms with Crippen molar-refractivity contribution in [3.8, 4) is 0 Å². The lowest BCUT2D eigenvalue weighted by atomic mass is 10.1. The van der Waals surface area contributed by atoms with Gasteiger partial charge in [0.25, 0.3) is 0 Å². The number of hydrogen-bond donors (Lipinski definition) is 1. The molecule has 0 aromatic heterocycles. The number of carbonyl (C=O) groups is 1. The van der Waals surface area contributed by atoms with Crippen molar-refractivity contribution in [3.05, 3.63) is 28.2 Å². The SMILES string of the molecule is CS(=O)(=O)CCCC(=O)c1ccc(Br)cc1N. The molecule has 4 nitrogen and oxygen atoms in total. The number of nitrogens with two attached hydrogens (primary N) is 1. The standard InChI is InChI=1S/C11H14BrNO3S/c1-17(15,16)6-2-3-11(14)9-5-4-8(12)7-10(9)13/h4-5,7H,2-3,6,13H2,1H3. The van der Waals surface area contributed by atoms with E-state index in [1.807, 2.05) is 0 Å². The van der Waals surface area contributed by atoms with Crippen molar-refractivity contribution in [3.63, 3.8) is 0 Å². The van der Waals surface area contributed by atoms with Crippen LogP contribution in [0.25, 0.3) is 0 Å². The minimum Gasteiger partial charge on any atom is -0.398 e. The molecular formula is C11H14BrNO3S. The summed E-state index contributed by atoms with van der Waals surface area (Å²) in [6, 6.07) is 5.03. The van der Waals surface area contributed by atoms with Crippen LogP contribution in [0.15, 0.2) is 22.7 Å². The third-order valence-corrected chi connectivity index (χ3v) is 3.76. The second-order valence-electron chi connectivity index (χ2n) is 3.89. The summed E-state index contributed by atoms with van der Waals surface area (Å²) >= 11 is 3.25. The second kappa shape index (κ2) is 5.64. The van der Waals surface area contributed by atoms with Crippen molar-refractivity contribution in [1.82, 2.24) is 0 Å². The number of halogens is 1. The third-order valence-electron chi connectivity index (χ3n) is 2.23. The Morgan fingerprint density at radius 1 is 1.41 bits per heavy atom. The van der Waals surface area contributed by atoms with Gasteiger partial charge in [-0.05, 0) is 24.6 Å². The molecule has 94 valence electrons. The van der Waals surface area contributed by atoms with Crippen molar-refractivity contribution >= 4 is 37.2 Å². The minimum absolute atomic E-state index is 0.0230. The van der Waals surface area contributed by atoms with E-state index in [9.17, 15) is 13.2 Å². The number of Topliss-reactive ketones (excluding diaryl/α,β-unsaturated/α-hetero) is 1. The third kappa shape index (κ3) is 4.87. The number of hydrogen-bond acceptors (Lipinski definition) is 4. The first-order chi connectivity index (χ1) is 7.79. The highest BCUT2D eigenvalue weighted by atomic mass is 79.9. The van der Waals surface area contributed by atoms with E-state index >= 15 is 0 Å². The van der Waals surface area contributed by atoms with E-state index in [4.69, 9.17) is 5.73 Å². The van der Waals surface area contributed by atoms with E-state index < -0.39 is 9.84 Å². The number of carbonyl (C=O) groups excluding carboxylic acids is 1. The first kappa shape index (κ1) is 14.2. The molecule has 0 heterocycles. The monoisotopic (exact) mass is 319 g/mol. The van der Waals surface area contributed by atoms with Crippen molar-refractivity contribution in [1.29, 1.82) is 0 Å². The van der Waals surface area contributed by atoms with Gasteiger partial charge in [-0.15, -0.1) is 0 Å². The Hall–Kier alpha value is -0.880. The number of ketones is 1. The molecule has 0 aliphatic heterocycles. The number of anilines is 1. The Kier molecular flexibility index (Phi) is 4.70. The van der Waals surface area contributed by atoms with E-state index in [-0.39, 0.29) is 18.0 Å². The molecule has 1 aromatic carbocycles. The van der Waals surface area contributed by atoms with Crippen LogP contribution in [0.5, 0.6) is 0 Å². The summed E-state index contributed by atoms with van der Waals surface area (Å²) in [5.74, 6) is -0.103. The van der Waals surface area contributed by atoms with Gasteiger partial charge in [-0.3, -0.25) is 4.79 Å². The van der Waals surface area contributed by atoms with Crippen LogP contribution >= 0.6 is 15.9 Å². The van der Waals surface area contributed by atoms with Crippen molar-refractivity contribution in [2.45, 2.75) is 12.8 Å². The smallest absolute Gasteiger partial charge is 0.164 e. The Morgan fingerprint density at radius 2 is 2.06 bits per heavy atom. The zero-order valence-corrected chi connectivity index (χ0v) is 11.8. The van der Waals surface area contributed by atoms with E-state index in [1.54, 1.807) is 18.2 Å². The Balaban J connectivity index is 2.65. The fraction of sp³-hybridized carbons (Fsp3) is 0.364. The summed E-state index contributed by atoms with van der Waals surface area (Å²) in [7, 11) is -3.01. The molecule has 2 N–H and O–H groups in total. The molecule has 17 heavy (non-hydrogen) atoms. The molecule has 0 spiro atoms. The largest absolute Gasteiger partial charge is 0.398 e. The maximum atomic E-state index is 11.8. The van der Waals surface area contributed by atoms with Gasteiger partial charge in [0.05, 0.1) is 5.75 Å². The van der Waals surface area contributed by atoms with Gasteiger partial charge in [0, 0.05) is 28.4 Å². The molecule has 1 aromatic rings. The van der Waals surface area contributed by atoms with Gasteiger partial charge >= 0.3 is 0 Å². The maximum Gasteiger partial charge on any atom is 0.164 e. The molecule has 1 rings (SSSR count). The van der Waals surface area contributed by atoms with Crippen LogP contribution in [0.1, 0.15) is 23.2 Å². The predicted octanol–water partition coefficient (Wildman–Crippen LogP) is 2.04. The van der Waals surface area contributed by atoms with Gasteiger partial charge in [0.1, 0.15) is 9.84 Å². The predicted molar refractivity (Wildman–Crippen MR) is 71.8 cm³/mol. The van der Waals surface area contributed by atoms with Gasteiger partial charge in [-0.2, -0.15) is 0 Å². The van der Waals surface area contributed by atoms with Crippen molar-refractivity contribution in [2.75, 3.05) is 17.7 Å². The molecule has 0 aliphatic rings. The summed E-state index contributed by atoms with van der Waals surface area (Å²) < 4.78 is 22.6. The molecule has 0 atom stereocenters. The fourth-order valence-electron chi connectivity index (χ4n) is 1.42. The van der Waals surface area contributed by atoms with Crippen LogP contribution in [0.2, 0.25) is 0 Å². The highest BCUT2D eigenvalue weighted by molar-refractivity contribution is 9.10. The van der Waals surface area contributed by atoms with E-state index in [0.717, 1.165) is 10.7 Å². The normalized spacial score (nSPS) is 11.4. The molecule has 0 radical (unpaired) electrons. The summed E-state index contributed by atoms with van der Waals surface area (Å²) in [6.07, 6.45) is 1.68. The molecule has 0 fully saturated rings. The number of benzene rings is 1. The molecule has 0 amide bonds. The van der Waals surface area contributed by atoms with Crippen molar-refractivity contribution < 1.29 is 13.2 Å². The highest BCUT2D eigenvalue weighted by Crippen LogP contribution is 2.20. The lowest BCUT2D eigenvalue weighted by Crippen LogP contribution is -2.08. The average Bonchev–Trinajstić information content (AvgIpc) is 2.15. The molecular weight excluding hydrogens is 306 g/mol. The van der Waals surface area contributed by atoms with Crippen LogP contribution in [0.4, 0.5) is 5.69 Å². The molecule has 0 aliphatic carbocycles. The fourth-order valence-corrected chi connectivity index (χ4v) is 2.46. The zero-order valence-electron chi connectivity index (χ0n) is 9.44. The molecule has 6 heteroatoms. The lowest BCUT2D eigenvalue weighted by molar-refractivity contribution is 0.0983. The summed E-state index contributed by atoms with van der Waals surface area (Å²) in [5, 5.41) is 0. The van der Waals surface area contributed by atoms with E-state index in [2.05, 4.69) is 15.9 Å². The van der Waals surface area contributed by atoms with Crippen LogP contribution in [-0.4, -0.2) is 26.2 Å². The average molecular weight is 320 g/mol. The maximum absolute atomic E-state index is 11.8. The first-order valence-corrected chi connectivity index (χ1v) is 7.91. The van der Waals surface area contributed by atoms with Crippen LogP contribution in [0.3, 0.4) is 0 Å². The number of nitrogen functional groups attached to an aromatic ring is 1. The van der Waals surface area contributed by atoms with Gasteiger partial charge < -0.3 is 5.73 Å². The Bertz CT molecular complexity index is 526. The minimum atomic E-state index is -3.01. The molecule has 0 saturated carbocycles. The summed E-state index contributed by atoms with van der Waals surface area (Å²) in [4.78, 5) is 11.8. The summed E-state index contributed by atoms with van der Waals surface area (Å²) in [6.45, 7) is 0. The molecule has 0 unspecified atom stereocenters. The Morgan fingerprint density at radius 3 is 2.59 bits per heavy atom. The van der Waals surface area contributed by atoms with E-state index in [0.29, 0.717) is 17.7 Å². The van der Waals surface area contributed by atoms with Gasteiger partial charge in [-0.25, -0.2) is 8.42 Å². The van der Waals surface area contributed by atoms with Gasteiger partial charge in [-0.1, -0.05) is 15.9 Å². The lowest BCUT2D eigenvalue weighted by Gasteiger charge is -2.05.